The molecule has 1 N–H and O–H groups in total. The summed E-state index contributed by atoms with van der Waals surface area (Å²) in [6, 6.07) is 0. The largest absolute Gasteiger partial charge is 0.356 e. The van der Waals surface area contributed by atoms with E-state index >= 15 is 0 Å². The van der Waals surface area contributed by atoms with Crippen LogP contribution in [-0.4, -0.2) is 36.3 Å². The first kappa shape index (κ1) is 19.0. The maximum atomic E-state index is 12.3. The predicted octanol–water partition coefficient (Wildman–Crippen LogP) is 3.36. The van der Waals surface area contributed by atoms with Crippen LogP contribution in [0.15, 0.2) is 0 Å². The molecule has 0 aromatic carbocycles. The van der Waals surface area contributed by atoms with Crippen LogP contribution in [0.3, 0.4) is 0 Å². The number of hydrogen-bond donors (Lipinski definition) is 1. The van der Waals surface area contributed by atoms with Gasteiger partial charge in [0.2, 0.25) is 11.8 Å². The Bertz CT molecular complexity index is 344. The van der Waals surface area contributed by atoms with E-state index in [2.05, 4.69) is 26.1 Å². The van der Waals surface area contributed by atoms with Crippen LogP contribution in [0.4, 0.5) is 0 Å². The minimum Gasteiger partial charge on any atom is -0.356 e. The van der Waals surface area contributed by atoms with Crippen LogP contribution < -0.4 is 5.32 Å². The Hall–Kier alpha value is -1.06. The fourth-order valence-corrected chi connectivity index (χ4v) is 3.30. The fourth-order valence-electron chi connectivity index (χ4n) is 3.30. The van der Waals surface area contributed by atoms with E-state index in [-0.39, 0.29) is 5.91 Å². The molecule has 1 rings (SSSR count). The van der Waals surface area contributed by atoms with Gasteiger partial charge < -0.3 is 10.2 Å². The first-order chi connectivity index (χ1) is 10.6. The lowest BCUT2D eigenvalue weighted by atomic mass is 9.81. The van der Waals surface area contributed by atoms with Gasteiger partial charge in [0.1, 0.15) is 0 Å². The van der Waals surface area contributed by atoms with Gasteiger partial charge in [-0.1, -0.05) is 40.0 Å². The molecule has 0 bridgehead atoms. The zero-order valence-electron chi connectivity index (χ0n) is 14.7. The smallest absolute Gasteiger partial charge is 0.222 e. The van der Waals surface area contributed by atoms with Crippen molar-refractivity contribution in [3.05, 3.63) is 0 Å². The van der Waals surface area contributed by atoms with E-state index < -0.39 is 0 Å². The molecule has 2 atom stereocenters. The predicted molar refractivity (Wildman–Crippen MR) is 90.5 cm³/mol. The summed E-state index contributed by atoms with van der Waals surface area (Å²) in [5, 5.41) is 2.97. The van der Waals surface area contributed by atoms with Gasteiger partial charge in [-0.05, 0) is 31.1 Å². The van der Waals surface area contributed by atoms with Crippen molar-refractivity contribution in [3.63, 3.8) is 0 Å². The Morgan fingerprint density at radius 2 is 1.86 bits per heavy atom. The van der Waals surface area contributed by atoms with Crippen LogP contribution in [0.5, 0.6) is 0 Å². The van der Waals surface area contributed by atoms with Crippen molar-refractivity contribution in [2.45, 2.75) is 72.1 Å². The van der Waals surface area contributed by atoms with E-state index in [1.54, 1.807) is 0 Å². The number of carbonyl (C=O) groups is 2. The minimum absolute atomic E-state index is 0.174. The number of carbonyl (C=O) groups excluding carboxylic acids is 2. The van der Waals surface area contributed by atoms with Crippen LogP contribution in [0.1, 0.15) is 72.1 Å². The number of hydrogen-bond acceptors (Lipinski definition) is 2. The summed E-state index contributed by atoms with van der Waals surface area (Å²) in [5.41, 5.74) is 0. The summed E-state index contributed by atoms with van der Waals surface area (Å²) in [6.07, 6.45) is 7.60. The van der Waals surface area contributed by atoms with E-state index in [9.17, 15) is 9.59 Å². The second-order valence-corrected chi connectivity index (χ2v) is 6.57. The molecule has 0 spiro atoms. The van der Waals surface area contributed by atoms with E-state index in [0.29, 0.717) is 30.6 Å². The lowest BCUT2D eigenvalue weighted by Crippen LogP contribution is -2.44. The normalized spacial score (nSPS) is 21.7. The monoisotopic (exact) mass is 310 g/mol. The minimum atomic E-state index is 0.174. The van der Waals surface area contributed by atoms with Gasteiger partial charge in [0.15, 0.2) is 0 Å². The molecule has 0 aromatic heterocycles. The number of nitrogens with one attached hydrogen (secondary N) is 1. The van der Waals surface area contributed by atoms with Crippen LogP contribution in [0.2, 0.25) is 0 Å². The zero-order valence-corrected chi connectivity index (χ0v) is 14.7. The van der Waals surface area contributed by atoms with Gasteiger partial charge in [0.25, 0.3) is 0 Å². The summed E-state index contributed by atoms with van der Waals surface area (Å²) in [4.78, 5) is 26.2. The van der Waals surface area contributed by atoms with Gasteiger partial charge >= 0.3 is 0 Å². The number of piperidine rings is 1. The number of amides is 2. The van der Waals surface area contributed by atoms with Crippen molar-refractivity contribution in [2.75, 3.05) is 19.6 Å². The Balaban J connectivity index is 2.42. The molecule has 0 aromatic rings. The van der Waals surface area contributed by atoms with Gasteiger partial charge in [0, 0.05) is 32.5 Å². The standard InChI is InChI=1S/C18H34N2O2/c1-4-7-8-9-18(22)20-12-10-16(15(6-3)14-20)13-17(21)19-11-5-2/h15-16H,4-14H2,1-3H3,(H,19,21). The molecule has 2 amide bonds. The van der Waals surface area contributed by atoms with E-state index in [1.807, 2.05) is 4.90 Å². The average Bonchev–Trinajstić information content (AvgIpc) is 2.53. The summed E-state index contributed by atoms with van der Waals surface area (Å²) in [6.45, 7) is 8.84. The van der Waals surface area contributed by atoms with Gasteiger partial charge in [-0.3, -0.25) is 9.59 Å². The van der Waals surface area contributed by atoms with Crippen LogP contribution in [0, 0.1) is 11.8 Å². The number of rotatable bonds is 9. The molecule has 128 valence electrons. The molecule has 0 saturated carbocycles. The van der Waals surface area contributed by atoms with Crippen molar-refractivity contribution in [1.29, 1.82) is 0 Å². The molecule has 1 aliphatic rings. The van der Waals surface area contributed by atoms with Gasteiger partial charge in [-0.25, -0.2) is 0 Å². The van der Waals surface area contributed by atoms with E-state index in [4.69, 9.17) is 0 Å². The highest BCUT2D eigenvalue weighted by molar-refractivity contribution is 5.77. The molecular formula is C18H34N2O2. The van der Waals surface area contributed by atoms with Crippen LogP contribution in [0.25, 0.3) is 0 Å². The molecule has 0 radical (unpaired) electrons. The van der Waals surface area contributed by atoms with Gasteiger partial charge in [-0.15, -0.1) is 0 Å². The first-order valence-electron chi connectivity index (χ1n) is 9.16. The van der Waals surface area contributed by atoms with Crippen molar-refractivity contribution in [2.24, 2.45) is 11.8 Å². The maximum Gasteiger partial charge on any atom is 0.222 e. The average molecular weight is 310 g/mol. The maximum absolute atomic E-state index is 12.3. The molecule has 0 aliphatic carbocycles. The van der Waals surface area contributed by atoms with Crippen molar-refractivity contribution in [3.8, 4) is 0 Å². The molecule has 1 fully saturated rings. The van der Waals surface area contributed by atoms with Crippen molar-refractivity contribution in [1.82, 2.24) is 10.2 Å². The molecule has 1 heterocycles. The summed E-state index contributed by atoms with van der Waals surface area (Å²) in [5.74, 6) is 1.38. The van der Waals surface area contributed by atoms with E-state index in [0.717, 1.165) is 58.2 Å². The molecule has 1 aliphatic heterocycles. The van der Waals surface area contributed by atoms with E-state index in [1.165, 1.54) is 0 Å². The highest BCUT2D eigenvalue weighted by atomic mass is 16.2. The third-order valence-corrected chi connectivity index (χ3v) is 4.78. The van der Waals surface area contributed by atoms with Gasteiger partial charge in [-0.2, -0.15) is 0 Å². The van der Waals surface area contributed by atoms with Crippen LogP contribution in [-0.2, 0) is 9.59 Å². The highest BCUT2D eigenvalue weighted by Gasteiger charge is 2.31. The third kappa shape index (κ3) is 6.37. The Kier molecular flexibility index (Phi) is 9.17. The Morgan fingerprint density at radius 1 is 1.09 bits per heavy atom. The summed E-state index contributed by atoms with van der Waals surface area (Å²) < 4.78 is 0. The Labute approximate surface area is 136 Å². The number of unbranched alkanes of at least 4 members (excludes halogenated alkanes) is 2. The second-order valence-electron chi connectivity index (χ2n) is 6.57. The third-order valence-electron chi connectivity index (χ3n) is 4.78. The summed E-state index contributed by atoms with van der Waals surface area (Å²) >= 11 is 0. The second kappa shape index (κ2) is 10.6. The SMILES string of the molecule is CCCCCC(=O)N1CCC(CC(=O)NCCC)C(CC)C1. The molecule has 1 saturated heterocycles. The Morgan fingerprint density at radius 3 is 2.50 bits per heavy atom. The summed E-state index contributed by atoms with van der Waals surface area (Å²) in [7, 11) is 0. The number of likely N-dealkylation sites (tertiary alicyclic amines) is 1. The van der Waals surface area contributed by atoms with Gasteiger partial charge in [0.05, 0.1) is 0 Å². The van der Waals surface area contributed by atoms with Crippen LogP contribution >= 0.6 is 0 Å². The number of nitrogens with zero attached hydrogens (tertiary/aromatic N) is 1. The molecule has 4 nitrogen and oxygen atoms in total. The molecule has 4 heteroatoms. The zero-order chi connectivity index (χ0) is 16.4. The van der Waals surface area contributed by atoms with Crippen molar-refractivity contribution < 1.29 is 9.59 Å². The molecule has 2 unspecified atom stereocenters. The highest BCUT2D eigenvalue weighted by Crippen LogP contribution is 2.29. The quantitative estimate of drug-likeness (QED) is 0.664. The lowest BCUT2D eigenvalue weighted by molar-refractivity contribution is -0.134. The fraction of sp³-hybridized carbons (Fsp3) is 0.889. The topological polar surface area (TPSA) is 49.4 Å². The molecule has 22 heavy (non-hydrogen) atoms. The molecular weight excluding hydrogens is 276 g/mol. The van der Waals surface area contributed by atoms with Crippen molar-refractivity contribution >= 4 is 11.8 Å². The first-order valence-corrected chi connectivity index (χ1v) is 9.16. The lowest BCUT2D eigenvalue weighted by Gasteiger charge is -2.38.